The highest BCUT2D eigenvalue weighted by Gasteiger charge is 2.23. The van der Waals surface area contributed by atoms with Crippen molar-refractivity contribution in [3.05, 3.63) is 45.8 Å². The first kappa shape index (κ1) is 14.4. The summed E-state index contributed by atoms with van der Waals surface area (Å²) in [5, 5.41) is 0. The number of halogens is 1. The zero-order chi connectivity index (χ0) is 14.2. The van der Waals surface area contributed by atoms with Crippen molar-refractivity contribution in [1.29, 1.82) is 0 Å². The van der Waals surface area contributed by atoms with Crippen LogP contribution >= 0.6 is 22.9 Å². The quantitative estimate of drug-likeness (QED) is 0.863. The second kappa shape index (κ2) is 5.15. The first-order valence-electron chi connectivity index (χ1n) is 5.63. The van der Waals surface area contributed by atoms with Crippen molar-refractivity contribution in [2.24, 2.45) is 0 Å². The maximum atomic E-state index is 12.4. The second-order valence-electron chi connectivity index (χ2n) is 4.38. The fraction of sp³-hybridized carbons (Fsp3) is 0.231. The van der Waals surface area contributed by atoms with Gasteiger partial charge in [-0.15, -0.1) is 11.3 Å². The number of thiophene rings is 1. The van der Waals surface area contributed by atoms with Gasteiger partial charge in [-0.05, 0) is 49.2 Å². The Kier molecular flexibility index (Phi) is 3.90. The van der Waals surface area contributed by atoms with Gasteiger partial charge in [0.1, 0.15) is 4.21 Å². The Morgan fingerprint density at radius 2 is 1.68 bits per heavy atom. The van der Waals surface area contributed by atoms with Crippen molar-refractivity contribution in [1.82, 2.24) is 0 Å². The molecule has 0 N–H and O–H groups in total. The molecule has 0 amide bonds. The summed E-state index contributed by atoms with van der Waals surface area (Å²) in [6.45, 7) is 3.89. The third kappa shape index (κ3) is 2.94. The molecule has 0 aliphatic carbocycles. The van der Waals surface area contributed by atoms with Gasteiger partial charge in [-0.3, -0.25) is 4.31 Å². The number of benzene rings is 1. The Balaban J connectivity index is 2.46. The summed E-state index contributed by atoms with van der Waals surface area (Å²) in [7, 11) is -1.98. The molecule has 0 spiro atoms. The highest BCUT2D eigenvalue weighted by atomic mass is 35.5. The van der Waals surface area contributed by atoms with Crippen molar-refractivity contribution < 1.29 is 8.42 Å². The van der Waals surface area contributed by atoms with E-state index in [1.54, 1.807) is 13.1 Å². The molecule has 1 heterocycles. The van der Waals surface area contributed by atoms with E-state index in [2.05, 4.69) is 0 Å². The zero-order valence-electron chi connectivity index (χ0n) is 10.8. The molecule has 0 saturated heterocycles. The lowest BCUT2D eigenvalue weighted by Crippen LogP contribution is -2.25. The fourth-order valence-corrected chi connectivity index (χ4v) is 4.68. The largest absolute Gasteiger partial charge is 0.273 e. The Labute approximate surface area is 122 Å². The first-order valence-corrected chi connectivity index (χ1v) is 8.27. The number of rotatable bonds is 3. The fourth-order valence-electron chi connectivity index (χ4n) is 1.84. The molecular formula is C13H14ClNO2S2. The third-order valence-corrected chi connectivity index (χ3v) is 6.22. The van der Waals surface area contributed by atoms with Crippen LogP contribution in [0.2, 0.25) is 4.34 Å². The van der Waals surface area contributed by atoms with Gasteiger partial charge in [0.2, 0.25) is 0 Å². The molecule has 0 aliphatic rings. The zero-order valence-corrected chi connectivity index (χ0v) is 13.2. The van der Waals surface area contributed by atoms with E-state index < -0.39 is 10.0 Å². The van der Waals surface area contributed by atoms with Gasteiger partial charge in [-0.1, -0.05) is 17.7 Å². The van der Waals surface area contributed by atoms with Crippen LogP contribution in [0.25, 0.3) is 0 Å². The van der Waals surface area contributed by atoms with Gasteiger partial charge < -0.3 is 0 Å². The number of anilines is 1. The normalized spacial score (nSPS) is 11.6. The third-order valence-electron chi connectivity index (χ3n) is 2.73. The Morgan fingerprint density at radius 3 is 2.16 bits per heavy atom. The lowest BCUT2D eigenvalue weighted by Gasteiger charge is -2.19. The molecule has 2 aromatic rings. The van der Waals surface area contributed by atoms with Crippen LogP contribution in [0.1, 0.15) is 11.1 Å². The summed E-state index contributed by atoms with van der Waals surface area (Å²) in [5.74, 6) is 0. The Morgan fingerprint density at radius 1 is 1.11 bits per heavy atom. The van der Waals surface area contributed by atoms with Gasteiger partial charge in [-0.2, -0.15) is 0 Å². The van der Waals surface area contributed by atoms with Crippen LogP contribution in [0.15, 0.2) is 34.5 Å². The van der Waals surface area contributed by atoms with Crippen molar-refractivity contribution in [3.63, 3.8) is 0 Å². The number of hydrogen-bond acceptors (Lipinski definition) is 3. The summed E-state index contributed by atoms with van der Waals surface area (Å²) in [6.07, 6.45) is 0. The molecule has 3 nitrogen and oxygen atoms in total. The van der Waals surface area contributed by atoms with Crippen molar-refractivity contribution >= 4 is 38.6 Å². The van der Waals surface area contributed by atoms with Crippen LogP contribution in [-0.2, 0) is 10.0 Å². The van der Waals surface area contributed by atoms with Crippen LogP contribution in [0, 0.1) is 13.8 Å². The first-order chi connectivity index (χ1) is 8.80. The number of aryl methyl sites for hydroxylation is 2. The molecule has 0 aliphatic heterocycles. The molecule has 0 radical (unpaired) electrons. The average Bonchev–Trinajstić information content (AvgIpc) is 2.74. The molecule has 1 aromatic carbocycles. The predicted octanol–water partition coefficient (Wildman–Crippen LogP) is 3.84. The van der Waals surface area contributed by atoms with Crippen LogP contribution in [-0.4, -0.2) is 15.5 Å². The van der Waals surface area contributed by atoms with Gasteiger partial charge in [0, 0.05) is 7.05 Å². The molecule has 19 heavy (non-hydrogen) atoms. The molecule has 2 rings (SSSR count). The molecule has 0 saturated carbocycles. The van der Waals surface area contributed by atoms with Crippen LogP contribution in [0.3, 0.4) is 0 Å². The molecule has 102 valence electrons. The molecule has 1 aromatic heterocycles. The minimum absolute atomic E-state index is 0.249. The second-order valence-corrected chi connectivity index (χ2v) is 8.29. The highest BCUT2D eigenvalue weighted by Crippen LogP contribution is 2.30. The van der Waals surface area contributed by atoms with E-state index in [0.717, 1.165) is 22.5 Å². The summed E-state index contributed by atoms with van der Waals surface area (Å²) in [6, 6.07) is 8.82. The van der Waals surface area contributed by atoms with Crippen LogP contribution in [0.5, 0.6) is 0 Å². The Hall–Kier alpha value is -1.04. The van der Waals surface area contributed by atoms with E-state index >= 15 is 0 Å². The molecule has 0 bridgehead atoms. The Bertz CT molecular complexity index is 687. The van der Waals surface area contributed by atoms with Crippen LogP contribution < -0.4 is 4.31 Å². The topological polar surface area (TPSA) is 37.4 Å². The molecule has 0 unspecified atom stereocenters. The van der Waals surface area contributed by atoms with Crippen molar-refractivity contribution in [2.75, 3.05) is 11.4 Å². The standard InChI is InChI=1S/C13H14ClNO2S2/c1-9-6-10(2)8-11(7-9)15(3)19(16,17)13-5-4-12(14)18-13/h4-8H,1-3H3. The SMILES string of the molecule is Cc1cc(C)cc(N(C)S(=O)(=O)c2ccc(Cl)s2)c1. The van der Waals surface area contributed by atoms with E-state index in [1.165, 1.54) is 10.4 Å². The highest BCUT2D eigenvalue weighted by molar-refractivity contribution is 7.94. The van der Waals surface area contributed by atoms with Crippen LogP contribution in [0.4, 0.5) is 5.69 Å². The summed E-state index contributed by atoms with van der Waals surface area (Å²) < 4.78 is 26.9. The van der Waals surface area contributed by atoms with E-state index in [1.807, 2.05) is 32.0 Å². The van der Waals surface area contributed by atoms with Gasteiger partial charge in [-0.25, -0.2) is 8.42 Å². The molecule has 6 heteroatoms. The van der Waals surface area contributed by atoms with E-state index in [0.29, 0.717) is 10.0 Å². The predicted molar refractivity (Wildman–Crippen MR) is 80.8 cm³/mol. The van der Waals surface area contributed by atoms with Crippen molar-refractivity contribution in [3.8, 4) is 0 Å². The minimum Gasteiger partial charge on any atom is -0.269 e. The molecule has 0 fully saturated rings. The number of sulfonamides is 1. The number of hydrogen-bond donors (Lipinski definition) is 0. The van der Waals surface area contributed by atoms with Crippen molar-refractivity contribution in [2.45, 2.75) is 18.1 Å². The lowest BCUT2D eigenvalue weighted by molar-refractivity contribution is 0.596. The van der Waals surface area contributed by atoms with E-state index in [4.69, 9.17) is 11.6 Å². The molecule has 0 atom stereocenters. The summed E-state index contributed by atoms with van der Waals surface area (Å²) >= 11 is 6.87. The maximum absolute atomic E-state index is 12.4. The minimum atomic E-state index is -3.54. The van der Waals surface area contributed by atoms with Gasteiger partial charge >= 0.3 is 0 Å². The molecular weight excluding hydrogens is 302 g/mol. The monoisotopic (exact) mass is 315 g/mol. The van der Waals surface area contributed by atoms with Gasteiger partial charge in [0.05, 0.1) is 10.0 Å². The smallest absolute Gasteiger partial charge is 0.269 e. The van der Waals surface area contributed by atoms with E-state index in [-0.39, 0.29) is 4.21 Å². The van der Waals surface area contributed by atoms with Gasteiger partial charge in [0.25, 0.3) is 10.0 Å². The summed E-state index contributed by atoms with van der Waals surface area (Å²) in [5.41, 5.74) is 2.71. The maximum Gasteiger partial charge on any atom is 0.273 e. The summed E-state index contributed by atoms with van der Waals surface area (Å²) in [4.78, 5) is 0. The average molecular weight is 316 g/mol. The number of nitrogens with zero attached hydrogens (tertiary/aromatic N) is 1. The lowest BCUT2D eigenvalue weighted by atomic mass is 10.1. The van der Waals surface area contributed by atoms with E-state index in [9.17, 15) is 8.42 Å². The van der Waals surface area contributed by atoms with Gasteiger partial charge in [0.15, 0.2) is 0 Å².